The summed E-state index contributed by atoms with van der Waals surface area (Å²) >= 11 is 1.52. The zero-order valence-electron chi connectivity index (χ0n) is 22.2. The predicted octanol–water partition coefficient (Wildman–Crippen LogP) is 2.08. The minimum Gasteiger partial charge on any atom is -0.347 e. The van der Waals surface area contributed by atoms with Crippen LogP contribution in [0.15, 0.2) is 0 Å². The van der Waals surface area contributed by atoms with Gasteiger partial charge in [0.15, 0.2) is 0 Å². The Balaban J connectivity index is 2.09. The smallest absolute Gasteiger partial charge is 0.289 e. The number of ketones is 1. The van der Waals surface area contributed by atoms with E-state index in [0.29, 0.717) is 30.9 Å². The third kappa shape index (κ3) is 10.9. The molecule has 1 unspecified atom stereocenters. The van der Waals surface area contributed by atoms with Crippen molar-refractivity contribution in [3.05, 3.63) is 0 Å². The van der Waals surface area contributed by atoms with Crippen molar-refractivity contribution < 1.29 is 24.0 Å². The quantitative estimate of drug-likeness (QED) is 0.242. The van der Waals surface area contributed by atoms with E-state index in [1.54, 1.807) is 0 Å². The van der Waals surface area contributed by atoms with Crippen molar-refractivity contribution in [2.45, 2.75) is 109 Å². The van der Waals surface area contributed by atoms with Gasteiger partial charge in [-0.15, -0.1) is 0 Å². The van der Waals surface area contributed by atoms with Gasteiger partial charge in [0.25, 0.3) is 5.91 Å². The summed E-state index contributed by atoms with van der Waals surface area (Å²) in [4.78, 5) is 63.5. The number of hydrogen-bond acceptors (Lipinski definition) is 6. The Labute approximate surface area is 219 Å². The normalized spacial score (nSPS) is 18.6. The lowest BCUT2D eigenvalue weighted by Gasteiger charge is -2.29. The number of carbonyl (C=O) groups is 5. The van der Waals surface area contributed by atoms with E-state index in [9.17, 15) is 24.0 Å². The number of amides is 4. The summed E-state index contributed by atoms with van der Waals surface area (Å²) in [6.07, 6.45) is 10.3. The SMILES string of the molecule is CSCC[C@H](NC(=O)[C@H](CC(C)C)NC(=O)C(CC1CCCCC1)NC(C)=O)C(=O)C(=O)NC1CC1. The van der Waals surface area contributed by atoms with E-state index in [0.717, 1.165) is 38.5 Å². The average Bonchev–Trinajstić information content (AvgIpc) is 3.64. The lowest BCUT2D eigenvalue weighted by atomic mass is 9.84. The van der Waals surface area contributed by atoms with Crippen molar-refractivity contribution in [2.24, 2.45) is 11.8 Å². The van der Waals surface area contributed by atoms with Crippen LogP contribution in [-0.4, -0.2) is 65.6 Å². The first-order chi connectivity index (χ1) is 17.1. The van der Waals surface area contributed by atoms with Crippen LogP contribution in [0.25, 0.3) is 0 Å². The Morgan fingerprint density at radius 3 is 2.00 bits per heavy atom. The largest absolute Gasteiger partial charge is 0.347 e. The van der Waals surface area contributed by atoms with E-state index < -0.39 is 41.6 Å². The van der Waals surface area contributed by atoms with Gasteiger partial charge in [-0.25, -0.2) is 0 Å². The summed E-state index contributed by atoms with van der Waals surface area (Å²) in [6, 6.07) is -2.51. The first kappa shape index (κ1) is 30.1. The molecule has 0 aliphatic heterocycles. The molecule has 0 aromatic carbocycles. The summed E-state index contributed by atoms with van der Waals surface area (Å²) in [5.74, 6) is -1.46. The average molecular weight is 525 g/mol. The summed E-state index contributed by atoms with van der Waals surface area (Å²) in [5.41, 5.74) is 0. The summed E-state index contributed by atoms with van der Waals surface area (Å²) in [6.45, 7) is 5.27. The number of carbonyl (C=O) groups excluding carboxylic acids is 5. The molecule has 4 N–H and O–H groups in total. The Kier molecular flexibility index (Phi) is 12.7. The van der Waals surface area contributed by atoms with Gasteiger partial charge in [-0.3, -0.25) is 24.0 Å². The second-order valence-electron chi connectivity index (χ2n) is 10.6. The van der Waals surface area contributed by atoms with E-state index in [1.807, 2.05) is 20.1 Å². The summed E-state index contributed by atoms with van der Waals surface area (Å²) in [7, 11) is 0. The highest BCUT2D eigenvalue weighted by atomic mass is 32.2. The molecular formula is C26H44N4O5S. The second-order valence-corrected chi connectivity index (χ2v) is 11.6. The van der Waals surface area contributed by atoms with Crippen LogP contribution >= 0.6 is 11.8 Å². The first-order valence-corrected chi connectivity index (χ1v) is 14.7. The van der Waals surface area contributed by atoms with Crippen LogP contribution in [0.2, 0.25) is 0 Å². The maximum Gasteiger partial charge on any atom is 0.289 e. The molecule has 3 atom stereocenters. The molecule has 36 heavy (non-hydrogen) atoms. The summed E-state index contributed by atoms with van der Waals surface area (Å²) in [5, 5.41) is 11.0. The maximum atomic E-state index is 13.3. The molecule has 4 amide bonds. The molecule has 2 aliphatic carbocycles. The maximum absolute atomic E-state index is 13.3. The topological polar surface area (TPSA) is 133 Å². The molecule has 0 aromatic rings. The molecule has 204 valence electrons. The van der Waals surface area contributed by atoms with Crippen LogP contribution in [0.5, 0.6) is 0 Å². The fraction of sp³-hybridized carbons (Fsp3) is 0.808. The van der Waals surface area contributed by atoms with Crippen LogP contribution in [0, 0.1) is 11.8 Å². The molecule has 0 saturated heterocycles. The number of Topliss-reactive ketones (excluding diaryl/α,β-unsaturated/α-hetero) is 1. The van der Waals surface area contributed by atoms with Gasteiger partial charge in [0.2, 0.25) is 23.5 Å². The molecule has 2 aliphatic rings. The van der Waals surface area contributed by atoms with E-state index >= 15 is 0 Å². The highest BCUT2D eigenvalue weighted by Gasteiger charge is 2.34. The van der Waals surface area contributed by atoms with Crippen molar-refractivity contribution in [2.75, 3.05) is 12.0 Å². The van der Waals surface area contributed by atoms with Gasteiger partial charge in [0.05, 0.1) is 6.04 Å². The fourth-order valence-corrected chi connectivity index (χ4v) is 5.10. The molecule has 0 bridgehead atoms. The molecule has 0 spiro atoms. The van der Waals surface area contributed by atoms with Crippen LogP contribution < -0.4 is 21.3 Å². The Hall–Kier alpha value is -2.10. The Morgan fingerprint density at radius 2 is 1.44 bits per heavy atom. The second kappa shape index (κ2) is 15.2. The lowest BCUT2D eigenvalue weighted by molar-refractivity contribution is -0.140. The zero-order valence-corrected chi connectivity index (χ0v) is 23.0. The van der Waals surface area contributed by atoms with E-state index in [1.165, 1.54) is 25.1 Å². The fourth-order valence-electron chi connectivity index (χ4n) is 4.63. The number of hydrogen-bond donors (Lipinski definition) is 4. The van der Waals surface area contributed by atoms with Gasteiger partial charge < -0.3 is 21.3 Å². The number of nitrogens with one attached hydrogen (secondary N) is 4. The molecule has 10 heteroatoms. The van der Waals surface area contributed by atoms with Gasteiger partial charge in [0.1, 0.15) is 12.1 Å². The summed E-state index contributed by atoms with van der Waals surface area (Å²) < 4.78 is 0. The van der Waals surface area contributed by atoms with Gasteiger partial charge >= 0.3 is 0 Å². The van der Waals surface area contributed by atoms with E-state index in [2.05, 4.69) is 21.3 Å². The van der Waals surface area contributed by atoms with Gasteiger partial charge in [0, 0.05) is 13.0 Å². The zero-order chi connectivity index (χ0) is 26.7. The molecule has 2 rings (SSSR count). The molecule has 0 heterocycles. The highest BCUT2D eigenvalue weighted by Crippen LogP contribution is 2.27. The molecule has 0 aromatic heterocycles. The lowest BCUT2D eigenvalue weighted by Crippen LogP contribution is -2.57. The van der Waals surface area contributed by atoms with Crippen molar-refractivity contribution in [3.8, 4) is 0 Å². The molecule has 0 radical (unpaired) electrons. The molecule has 2 saturated carbocycles. The standard InChI is InChI=1S/C26H44N4O5S/c1-16(2)14-21(30-25(34)22(27-17(3)31)15-18-8-6-5-7-9-18)24(33)29-20(12-13-36-4)23(32)26(35)28-19-10-11-19/h16,18-22H,5-15H2,1-4H3,(H,27,31)(H,28,35)(H,29,33)(H,30,34)/t20-,21-,22?/m0/s1. The highest BCUT2D eigenvalue weighted by molar-refractivity contribution is 7.98. The number of rotatable bonds is 15. The Morgan fingerprint density at radius 1 is 0.833 bits per heavy atom. The first-order valence-electron chi connectivity index (χ1n) is 13.3. The van der Waals surface area contributed by atoms with E-state index in [4.69, 9.17) is 0 Å². The van der Waals surface area contributed by atoms with Gasteiger partial charge in [-0.05, 0) is 55.9 Å². The van der Waals surface area contributed by atoms with Gasteiger partial charge in [-0.1, -0.05) is 46.0 Å². The van der Waals surface area contributed by atoms with Crippen LogP contribution in [0.4, 0.5) is 0 Å². The molecule has 2 fully saturated rings. The van der Waals surface area contributed by atoms with Crippen LogP contribution in [0.1, 0.15) is 85.0 Å². The van der Waals surface area contributed by atoms with Crippen LogP contribution in [0.3, 0.4) is 0 Å². The molecule has 9 nitrogen and oxygen atoms in total. The minimum atomic E-state index is -0.955. The predicted molar refractivity (Wildman–Crippen MR) is 141 cm³/mol. The third-order valence-electron chi connectivity index (χ3n) is 6.71. The van der Waals surface area contributed by atoms with Gasteiger partial charge in [-0.2, -0.15) is 11.8 Å². The van der Waals surface area contributed by atoms with Crippen molar-refractivity contribution in [1.29, 1.82) is 0 Å². The Bertz CT molecular complexity index is 780. The monoisotopic (exact) mass is 524 g/mol. The third-order valence-corrected chi connectivity index (χ3v) is 7.35. The van der Waals surface area contributed by atoms with Crippen molar-refractivity contribution in [1.82, 2.24) is 21.3 Å². The minimum absolute atomic E-state index is 0.0428. The van der Waals surface area contributed by atoms with Crippen molar-refractivity contribution in [3.63, 3.8) is 0 Å². The van der Waals surface area contributed by atoms with E-state index in [-0.39, 0.29) is 17.9 Å². The van der Waals surface area contributed by atoms with Crippen molar-refractivity contribution >= 4 is 41.2 Å². The van der Waals surface area contributed by atoms with Crippen LogP contribution in [-0.2, 0) is 24.0 Å². The molecular weight excluding hydrogens is 480 g/mol. The number of thioether (sulfide) groups is 1.